The summed E-state index contributed by atoms with van der Waals surface area (Å²) in [4.78, 5) is 0. The molecule has 0 spiro atoms. The highest BCUT2D eigenvalue weighted by atomic mass is 79.9. The molecular weight excluding hydrogens is 346 g/mol. The molecule has 3 nitrogen and oxygen atoms in total. The Morgan fingerprint density at radius 2 is 2.11 bits per heavy atom. The molecule has 0 amide bonds. The van der Waals surface area contributed by atoms with E-state index >= 15 is 0 Å². The molecule has 1 rings (SSSR count). The van der Waals surface area contributed by atoms with Gasteiger partial charge in [-0.25, -0.2) is 8.42 Å². The minimum atomic E-state index is -2.91. The SMILES string of the molecule is CCC(N)C(SCCS(C)(=O)=O)c1cccc(Br)c1. The molecule has 108 valence electrons. The lowest BCUT2D eigenvalue weighted by molar-refractivity contribution is 0.603. The molecule has 0 fully saturated rings. The molecule has 0 aliphatic carbocycles. The zero-order valence-corrected chi connectivity index (χ0v) is 14.4. The summed E-state index contributed by atoms with van der Waals surface area (Å²) in [5, 5.41) is 0.129. The third kappa shape index (κ3) is 6.29. The van der Waals surface area contributed by atoms with E-state index < -0.39 is 9.84 Å². The molecule has 0 aliphatic heterocycles. The van der Waals surface area contributed by atoms with Gasteiger partial charge < -0.3 is 5.73 Å². The predicted molar refractivity (Wildman–Crippen MR) is 87.3 cm³/mol. The molecule has 0 saturated carbocycles. The molecule has 2 atom stereocenters. The summed E-state index contributed by atoms with van der Waals surface area (Å²) in [7, 11) is -2.91. The van der Waals surface area contributed by atoms with Crippen molar-refractivity contribution in [3.63, 3.8) is 0 Å². The summed E-state index contributed by atoms with van der Waals surface area (Å²) in [6.07, 6.45) is 2.13. The lowest BCUT2D eigenvalue weighted by atomic mass is 10.0. The van der Waals surface area contributed by atoms with Gasteiger partial charge >= 0.3 is 0 Å². The van der Waals surface area contributed by atoms with Crippen LogP contribution in [0.1, 0.15) is 24.2 Å². The van der Waals surface area contributed by atoms with Crippen LogP contribution >= 0.6 is 27.7 Å². The molecule has 1 aromatic carbocycles. The number of thioether (sulfide) groups is 1. The number of sulfone groups is 1. The molecule has 2 unspecified atom stereocenters. The lowest BCUT2D eigenvalue weighted by Gasteiger charge is -2.23. The molecule has 2 N–H and O–H groups in total. The quantitative estimate of drug-likeness (QED) is 0.806. The van der Waals surface area contributed by atoms with Crippen LogP contribution in [-0.2, 0) is 9.84 Å². The van der Waals surface area contributed by atoms with Gasteiger partial charge in [0.15, 0.2) is 0 Å². The lowest BCUT2D eigenvalue weighted by Crippen LogP contribution is -2.26. The van der Waals surface area contributed by atoms with Crippen LogP contribution in [0.25, 0.3) is 0 Å². The van der Waals surface area contributed by atoms with E-state index in [2.05, 4.69) is 15.9 Å². The number of hydrogen-bond acceptors (Lipinski definition) is 4. The number of benzene rings is 1. The summed E-state index contributed by atoms with van der Waals surface area (Å²) in [6, 6.07) is 8.07. The Morgan fingerprint density at radius 1 is 1.42 bits per heavy atom. The van der Waals surface area contributed by atoms with Crippen molar-refractivity contribution >= 4 is 37.5 Å². The number of halogens is 1. The van der Waals surface area contributed by atoms with Crippen LogP contribution in [0.3, 0.4) is 0 Å². The molecular formula is C13H20BrNO2S2. The Labute approximate surface area is 128 Å². The van der Waals surface area contributed by atoms with Gasteiger partial charge in [-0.3, -0.25) is 0 Å². The molecule has 19 heavy (non-hydrogen) atoms. The molecule has 0 radical (unpaired) electrons. The highest BCUT2D eigenvalue weighted by Gasteiger charge is 2.19. The van der Waals surface area contributed by atoms with Gasteiger partial charge in [0, 0.05) is 27.8 Å². The van der Waals surface area contributed by atoms with Gasteiger partial charge in [0.25, 0.3) is 0 Å². The largest absolute Gasteiger partial charge is 0.326 e. The van der Waals surface area contributed by atoms with E-state index in [1.807, 2.05) is 31.2 Å². The van der Waals surface area contributed by atoms with Gasteiger partial charge in [-0.15, -0.1) is 0 Å². The first kappa shape index (κ1) is 17.0. The summed E-state index contributed by atoms with van der Waals surface area (Å²) in [5.41, 5.74) is 7.30. The first-order valence-electron chi connectivity index (χ1n) is 6.14. The zero-order valence-electron chi connectivity index (χ0n) is 11.2. The summed E-state index contributed by atoms with van der Waals surface area (Å²) < 4.78 is 23.4. The van der Waals surface area contributed by atoms with Crippen molar-refractivity contribution in [2.24, 2.45) is 5.73 Å². The van der Waals surface area contributed by atoms with E-state index in [4.69, 9.17) is 5.73 Å². The fourth-order valence-electron chi connectivity index (χ4n) is 1.69. The topological polar surface area (TPSA) is 60.2 Å². The third-order valence-corrected chi connectivity index (χ3v) is 5.91. The minimum absolute atomic E-state index is 0.0267. The van der Waals surface area contributed by atoms with Crippen LogP contribution in [0.15, 0.2) is 28.7 Å². The van der Waals surface area contributed by atoms with Crippen LogP contribution in [0.5, 0.6) is 0 Å². The second-order valence-electron chi connectivity index (χ2n) is 4.55. The van der Waals surface area contributed by atoms with Crippen molar-refractivity contribution in [2.75, 3.05) is 17.8 Å². The summed E-state index contributed by atoms with van der Waals surface area (Å²) in [5.74, 6) is 0.766. The van der Waals surface area contributed by atoms with E-state index in [-0.39, 0.29) is 17.0 Å². The second-order valence-corrected chi connectivity index (χ2v) is 8.97. The normalized spacial score (nSPS) is 15.2. The molecule has 0 saturated heterocycles. The summed E-state index contributed by atoms with van der Waals surface area (Å²) in [6.45, 7) is 2.05. The molecule has 1 aromatic rings. The first-order valence-corrected chi connectivity index (χ1v) is 10.0. The Bertz CT molecular complexity index is 505. The minimum Gasteiger partial charge on any atom is -0.326 e. The fraction of sp³-hybridized carbons (Fsp3) is 0.538. The van der Waals surface area contributed by atoms with E-state index in [1.54, 1.807) is 11.8 Å². The Morgan fingerprint density at radius 3 is 2.63 bits per heavy atom. The molecule has 0 aromatic heterocycles. The van der Waals surface area contributed by atoms with Gasteiger partial charge in [-0.2, -0.15) is 11.8 Å². The summed E-state index contributed by atoms with van der Waals surface area (Å²) >= 11 is 5.07. The van der Waals surface area contributed by atoms with Crippen LogP contribution in [0.4, 0.5) is 0 Å². The van der Waals surface area contributed by atoms with Crippen molar-refractivity contribution < 1.29 is 8.42 Å². The third-order valence-electron chi connectivity index (χ3n) is 2.79. The van der Waals surface area contributed by atoms with Gasteiger partial charge in [0.2, 0.25) is 0 Å². The van der Waals surface area contributed by atoms with Gasteiger partial charge in [-0.1, -0.05) is 35.0 Å². The van der Waals surface area contributed by atoms with Crippen molar-refractivity contribution in [3.05, 3.63) is 34.3 Å². The van der Waals surface area contributed by atoms with Crippen molar-refractivity contribution in [1.82, 2.24) is 0 Å². The smallest absolute Gasteiger partial charge is 0.148 e. The van der Waals surface area contributed by atoms with Crippen molar-refractivity contribution in [2.45, 2.75) is 24.6 Å². The number of nitrogens with two attached hydrogens (primary N) is 1. The standard InChI is InChI=1S/C13H20BrNO2S2/c1-3-12(15)13(18-7-8-19(2,16)17)10-5-4-6-11(14)9-10/h4-6,9,12-13H,3,7-8,15H2,1-2H3. The highest BCUT2D eigenvalue weighted by molar-refractivity contribution is 9.10. The average Bonchev–Trinajstić information content (AvgIpc) is 2.32. The second kappa shape index (κ2) is 7.67. The van der Waals surface area contributed by atoms with Crippen molar-refractivity contribution in [3.8, 4) is 0 Å². The maximum atomic E-state index is 11.2. The van der Waals surface area contributed by atoms with Crippen LogP contribution in [-0.4, -0.2) is 32.2 Å². The van der Waals surface area contributed by atoms with E-state index in [1.165, 1.54) is 6.26 Å². The van der Waals surface area contributed by atoms with Crippen LogP contribution in [0, 0.1) is 0 Å². The van der Waals surface area contributed by atoms with E-state index in [0.717, 1.165) is 16.5 Å². The molecule has 6 heteroatoms. The average molecular weight is 366 g/mol. The molecule has 0 bridgehead atoms. The number of hydrogen-bond donors (Lipinski definition) is 1. The van der Waals surface area contributed by atoms with Crippen molar-refractivity contribution in [1.29, 1.82) is 0 Å². The van der Waals surface area contributed by atoms with Gasteiger partial charge in [0.1, 0.15) is 9.84 Å². The fourth-order valence-corrected chi connectivity index (χ4v) is 4.74. The molecule has 0 aliphatic rings. The maximum absolute atomic E-state index is 11.2. The zero-order chi connectivity index (χ0) is 14.5. The Kier molecular flexibility index (Phi) is 6.86. The van der Waals surface area contributed by atoms with E-state index in [0.29, 0.717) is 5.75 Å². The van der Waals surface area contributed by atoms with Crippen LogP contribution < -0.4 is 5.73 Å². The van der Waals surface area contributed by atoms with Crippen LogP contribution in [0.2, 0.25) is 0 Å². The maximum Gasteiger partial charge on any atom is 0.148 e. The first-order chi connectivity index (χ1) is 8.83. The number of rotatable bonds is 7. The van der Waals surface area contributed by atoms with Gasteiger partial charge in [-0.05, 0) is 24.1 Å². The Balaban J connectivity index is 2.78. The predicted octanol–water partition coefficient (Wildman–Crippen LogP) is 3.01. The molecule has 0 heterocycles. The highest BCUT2D eigenvalue weighted by Crippen LogP contribution is 2.33. The van der Waals surface area contributed by atoms with E-state index in [9.17, 15) is 8.42 Å². The Hall–Kier alpha value is -0.0400. The van der Waals surface area contributed by atoms with Gasteiger partial charge in [0.05, 0.1) is 5.75 Å². The monoisotopic (exact) mass is 365 g/mol.